The van der Waals surface area contributed by atoms with E-state index in [-0.39, 0.29) is 37.7 Å². The highest BCUT2D eigenvalue weighted by atomic mass is 16.2. The van der Waals surface area contributed by atoms with Gasteiger partial charge >= 0.3 is 0 Å². The van der Waals surface area contributed by atoms with Crippen LogP contribution in [0.15, 0.2) is 54.0 Å². The molecule has 2 aromatic rings. The first-order valence-corrected chi connectivity index (χ1v) is 17.6. The van der Waals surface area contributed by atoms with E-state index in [1.54, 1.807) is 6.92 Å². The van der Waals surface area contributed by atoms with Gasteiger partial charge in [-0.15, -0.1) is 0 Å². The van der Waals surface area contributed by atoms with Crippen molar-refractivity contribution in [3.05, 3.63) is 70.8 Å². The van der Waals surface area contributed by atoms with Crippen LogP contribution in [-0.4, -0.2) is 86.8 Å². The molecule has 1 aliphatic heterocycles. The van der Waals surface area contributed by atoms with Gasteiger partial charge in [0, 0.05) is 37.9 Å². The van der Waals surface area contributed by atoms with Crippen LogP contribution in [0.3, 0.4) is 0 Å². The van der Waals surface area contributed by atoms with E-state index in [4.69, 9.17) is 0 Å². The Balaban J connectivity index is 1.65. The average molecular weight is 702 g/mol. The van der Waals surface area contributed by atoms with E-state index >= 15 is 0 Å². The van der Waals surface area contributed by atoms with Crippen molar-refractivity contribution < 1.29 is 28.8 Å². The SMILES string of the molecule is CCC[C@H](NC(=O)[C@@H]1Cc2ccccc2CN1C(=O)[C@@H](NC[C@](C=O)(NC(=O)c1cnccn1)C(C)=C(C)C)C(C)(C)C)C(=O)C(=O)NC1CC1. The number of allylic oxidation sites excluding steroid dienone is 1. The molecular formula is C38H51N7O6. The van der Waals surface area contributed by atoms with E-state index in [2.05, 4.69) is 31.2 Å². The molecule has 2 heterocycles. The van der Waals surface area contributed by atoms with Gasteiger partial charge in [0.2, 0.25) is 17.6 Å². The van der Waals surface area contributed by atoms with Crippen molar-refractivity contribution >= 4 is 35.7 Å². The Morgan fingerprint density at radius 3 is 2.27 bits per heavy atom. The number of benzene rings is 1. The third-order valence-electron chi connectivity index (χ3n) is 9.63. The molecular weight excluding hydrogens is 650 g/mol. The van der Waals surface area contributed by atoms with Crippen LogP contribution in [0.1, 0.15) is 95.8 Å². The van der Waals surface area contributed by atoms with Crippen molar-refractivity contribution in [2.45, 2.75) is 117 Å². The second kappa shape index (κ2) is 16.5. The Hall–Kier alpha value is -4.78. The van der Waals surface area contributed by atoms with Crippen LogP contribution in [0.4, 0.5) is 0 Å². The molecule has 13 nitrogen and oxygen atoms in total. The summed E-state index contributed by atoms with van der Waals surface area (Å²) < 4.78 is 0. The second-order valence-electron chi connectivity index (χ2n) is 14.9. The summed E-state index contributed by atoms with van der Waals surface area (Å²) in [6, 6.07) is 4.61. The lowest BCUT2D eigenvalue weighted by atomic mass is 9.82. The van der Waals surface area contributed by atoms with Crippen LogP contribution in [-0.2, 0) is 36.9 Å². The summed E-state index contributed by atoms with van der Waals surface area (Å²) in [4.78, 5) is 90.5. The van der Waals surface area contributed by atoms with Gasteiger partial charge in [0.25, 0.3) is 11.8 Å². The van der Waals surface area contributed by atoms with Crippen molar-refractivity contribution in [2.24, 2.45) is 5.41 Å². The first kappa shape index (κ1) is 39.0. The monoisotopic (exact) mass is 701 g/mol. The smallest absolute Gasteiger partial charge is 0.289 e. The van der Waals surface area contributed by atoms with Gasteiger partial charge in [-0.05, 0) is 62.1 Å². The predicted molar refractivity (Wildman–Crippen MR) is 191 cm³/mol. The van der Waals surface area contributed by atoms with Crippen molar-refractivity contribution in [1.82, 2.24) is 36.1 Å². The molecule has 4 atom stereocenters. The molecule has 2 aliphatic rings. The molecule has 1 aromatic carbocycles. The number of ketones is 1. The van der Waals surface area contributed by atoms with Gasteiger partial charge in [0.1, 0.15) is 17.3 Å². The lowest BCUT2D eigenvalue weighted by molar-refractivity contribution is -0.147. The fraction of sp³-hybridized carbons (Fsp3) is 0.526. The molecule has 0 spiro atoms. The van der Waals surface area contributed by atoms with Gasteiger partial charge in [0.05, 0.1) is 18.3 Å². The topological polar surface area (TPSA) is 180 Å². The highest BCUT2D eigenvalue weighted by molar-refractivity contribution is 6.38. The van der Waals surface area contributed by atoms with E-state index < -0.39 is 58.5 Å². The van der Waals surface area contributed by atoms with Gasteiger partial charge in [-0.1, -0.05) is 64.0 Å². The summed E-state index contributed by atoms with van der Waals surface area (Å²) in [5.74, 6) is -2.95. The Morgan fingerprint density at radius 2 is 1.71 bits per heavy atom. The number of carbonyl (C=O) groups is 6. The number of carbonyl (C=O) groups excluding carboxylic acids is 6. The minimum Gasteiger partial charge on any atom is -0.347 e. The van der Waals surface area contributed by atoms with Crippen LogP contribution in [0.25, 0.3) is 0 Å². The maximum atomic E-state index is 14.8. The summed E-state index contributed by atoms with van der Waals surface area (Å²) in [5, 5.41) is 11.6. The zero-order valence-electron chi connectivity index (χ0n) is 30.7. The van der Waals surface area contributed by atoms with Gasteiger partial charge < -0.3 is 31.0 Å². The number of hydrogen-bond donors (Lipinski definition) is 4. The average Bonchev–Trinajstić information content (AvgIpc) is 3.93. The fourth-order valence-electron chi connectivity index (χ4n) is 6.21. The summed E-state index contributed by atoms with van der Waals surface area (Å²) in [6.45, 7) is 12.9. The van der Waals surface area contributed by atoms with Crippen LogP contribution in [0.5, 0.6) is 0 Å². The van der Waals surface area contributed by atoms with E-state index in [1.807, 2.05) is 65.8 Å². The Labute approximate surface area is 299 Å². The number of rotatable bonds is 15. The van der Waals surface area contributed by atoms with Crippen LogP contribution in [0.2, 0.25) is 0 Å². The number of nitrogens with one attached hydrogen (secondary N) is 4. The summed E-state index contributed by atoms with van der Waals surface area (Å²) >= 11 is 0. The number of hydrogen-bond acceptors (Lipinski definition) is 9. The molecule has 0 unspecified atom stereocenters. The number of aldehydes is 1. The molecule has 4 amide bonds. The molecule has 51 heavy (non-hydrogen) atoms. The molecule has 0 saturated heterocycles. The van der Waals surface area contributed by atoms with Gasteiger partial charge in [0.15, 0.2) is 6.29 Å². The van der Waals surface area contributed by atoms with Crippen molar-refractivity contribution in [3.8, 4) is 0 Å². The third-order valence-corrected chi connectivity index (χ3v) is 9.63. The Kier molecular flexibility index (Phi) is 12.6. The van der Waals surface area contributed by atoms with E-state index in [0.29, 0.717) is 18.3 Å². The van der Waals surface area contributed by atoms with Crippen molar-refractivity contribution in [1.29, 1.82) is 0 Å². The first-order valence-electron chi connectivity index (χ1n) is 17.6. The number of nitrogens with zero attached hydrogens (tertiary/aromatic N) is 3. The highest BCUT2D eigenvalue weighted by Crippen LogP contribution is 2.29. The molecule has 1 saturated carbocycles. The quantitative estimate of drug-likeness (QED) is 0.123. The van der Waals surface area contributed by atoms with Crippen LogP contribution < -0.4 is 21.3 Å². The van der Waals surface area contributed by atoms with E-state index in [0.717, 1.165) is 29.5 Å². The van der Waals surface area contributed by atoms with Gasteiger partial charge in [-0.3, -0.25) is 29.0 Å². The molecule has 274 valence electrons. The summed E-state index contributed by atoms with van der Waals surface area (Å²) in [6.07, 6.45) is 7.43. The largest absolute Gasteiger partial charge is 0.347 e. The first-order chi connectivity index (χ1) is 24.1. The highest BCUT2D eigenvalue weighted by Gasteiger charge is 2.44. The maximum Gasteiger partial charge on any atom is 0.289 e. The van der Waals surface area contributed by atoms with Crippen molar-refractivity contribution in [3.63, 3.8) is 0 Å². The molecule has 0 bridgehead atoms. The molecule has 1 aromatic heterocycles. The molecule has 4 rings (SSSR count). The predicted octanol–water partition coefficient (Wildman–Crippen LogP) is 2.59. The lowest BCUT2D eigenvalue weighted by Gasteiger charge is -2.42. The minimum absolute atomic E-state index is 0.0111. The number of fused-ring (bicyclic) bond motifs is 1. The standard InChI is InChI=1S/C38H51N7O6/c1-8-11-28(31(47)35(50)42-27-14-15-27)43-34(49)30-18-25-12-9-10-13-26(25)20-45(30)36(51)32(37(5,6)7)41-21-38(22-46,24(4)23(2)3)44-33(48)29-19-39-16-17-40-29/h9-10,12-13,16-17,19,22,27-28,30,32,41H,8,11,14-15,18,20-21H2,1-7H3,(H,42,50)(H,43,49)(H,44,48)/t28-,30-,32+,38+/m0/s1. The molecule has 1 fully saturated rings. The van der Waals surface area contributed by atoms with Crippen LogP contribution >= 0.6 is 0 Å². The van der Waals surface area contributed by atoms with E-state index in [9.17, 15) is 28.8 Å². The fourth-order valence-corrected chi connectivity index (χ4v) is 6.21. The zero-order chi connectivity index (χ0) is 37.5. The number of aromatic nitrogens is 2. The number of amides is 4. The molecule has 4 N–H and O–H groups in total. The molecule has 0 radical (unpaired) electrons. The molecule has 1 aliphatic carbocycles. The van der Waals surface area contributed by atoms with E-state index in [1.165, 1.54) is 23.5 Å². The second-order valence-corrected chi connectivity index (χ2v) is 14.9. The minimum atomic E-state index is -1.54. The molecule has 13 heteroatoms. The zero-order valence-corrected chi connectivity index (χ0v) is 30.7. The number of Topliss-reactive ketones (excluding diaryl/α,β-unsaturated/α-hetero) is 1. The third kappa shape index (κ3) is 9.52. The lowest BCUT2D eigenvalue weighted by Crippen LogP contribution is -2.64. The summed E-state index contributed by atoms with van der Waals surface area (Å²) in [7, 11) is 0. The Morgan fingerprint density at radius 1 is 1.02 bits per heavy atom. The van der Waals surface area contributed by atoms with Gasteiger partial charge in [-0.2, -0.15) is 0 Å². The Bertz CT molecular complexity index is 1660. The summed E-state index contributed by atoms with van der Waals surface area (Å²) in [5.41, 5.74) is 0.928. The normalized spacial score (nSPS) is 17.9. The van der Waals surface area contributed by atoms with Crippen LogP contribution in [0, 0.1) is 5.41 Å². The maximum absolute atomic E-state index is 14.8. The van der Waals surface area contributed by atoms with Gasteiger partial charge in [-0.25, -0.2) is 4.98 Å². The van der Waals surface area contributed by atoms with Crippen molar-refractivity contribution in [2.75, 3.05) is 6.54 Å².